The Morgan fingerprint density at radius 3 is 2.87 bits per heavy atom. The van der Waals surface area contributed by atoms with Crippen molar-refractivity contribution in [3.05, 3.63) is 23.1 Å². The average molecular weight is 232 g/mol. The van der Waals surface area contributed by atoms with Crippen LogP contribution in [0.1, 0.15) is 0 Å². The van der Waals surface area contributed by atoms with Gasteiger partial charge in [0.1, 0.15) is 0 Å². The molecule has 1 aliphatic rings. The first-order chi connectivity index (χ1) is 7.25. The molecule has 1 saturated heterocycles. The summed E-state index contributed by atoms with van der Waals surface area (Å²) in [5.74, 6) is -0.254. The first-order valence-electron chi connectivity index (χ1n) is 4.66. The molecule has 0 saturated carbocycles. The van der Waals surface area contributed by atoms with E-state index in [-0.39, 0.29) is 5.82 Å². The molecule has 1 aromatic rings. The molecule has 0 bridgehead atoms. The summed E-state index contributed by atoms with van der Waals surface area (Å²) in [5, 5.41) is 2.16. The minimum atomic E-state index is -0.450. The highest BCUT2D eigenvalue weighted by molar-refractivity contribution is 6.30. The van der Waals surface area contributed by atoms with Gasteiger partial charge in [0, 0.05) is 19.3 Å². The van der Waals surface area contributed by atoms with Gasteiger partial charge < -0.3 is 10.2 Å². The van der Waals surface area contributed by atoms with Crippen molar-refractivity contribution in [3.63, 3.8) is 0 Å². The summed E-state index contributed by atoms with van der Waals surface area (Å²) < 4.78 is 18.5. The predicted molar refractivity (Wildman–Crippen MR) is 55.2 cm³/mol. The molecule has 1 N–H and O–H groups in total. The number of hydrogen-bond donors (Lipinski definition) is 1. The van der Waals surface area contributed by atoms with E-state index in [4.69, 9.17) is 16.3 Å². The summed E-state index contributed by atoms with van der Waals surface area (Å²) in [6.45, 7) is 2.71. The SMILES string of the molecule is Fc1cc(Cl)cnc1NN1CCOCC1. The number of anilines is 1. The Balaban J connectivity index is 2.03. The highest BCUT2D eigenvalue weighted by atomic mass is 35.5. The van der Waals surface area contributed by atoms with Crippen LogP contribution in [-0.2, 0) is 4.74 Å². The number of rotatable bonds is 2. The molecule has 0 radical (unpaired) electrons. The van der Waals surface area contributed by atoms with E-state index in [1.807, 2.05) is 5.01 Å². The zero-order valence-corrected chi connectivity index (χ0v) is 8.80. The lowest BCUT2D eigenvalue weighted by atomic mass is 10.4. The summed E-state index contributed by atoms with van der Waals surface area (Å²) in [6, 6.07) is 1.23. The number of morpholine rings is 1. The van der Waals surface area contributed by atoms with Crippen LogP contribution in [-0.4, -0.2) is 36.3 Å². The maximum atomic E-state index is 13.3. The zero-order valence-electron chi connectivity index (χ0n) is 8.04. The Morgan fingerprint density at radius 1 is 1.47 bits per heavy atom. The first kappa shape index (κ1) is 10.6. The van der Waals surface area contributed by atoms with E-state index in [0.717, 1.165) is 0 Å². The Morgan fingerprint density at radius 2 is 2.20 bits per heavy atom. The van der Waals surface area contributed by atoms with Crippen molar-refractivity contribution in [1.29, 1.82) is 0 Å². The molecule has 0 spiro atoms. The number of hydrogen-bond acceptors (Lipinski definition) is 4. The van der Waals surface area contributed by atoms with Gasteiger partial charge in [-0.15, -0.1) is 0 Å². The normalized spacial score (nSPS) is 17.7. The van der Waals surface area contributed by atoms with Gasteiger partial charge in [0.2, 0.25) is 0 Å². The Kier molecular flexibility index (Phi) is 3.35. The van der Waals surface area contributed by atoms with Crippen molar-refractivity contribution in [2.75, 3.05) is 31.7 Å². The van der Waals surface area contributed by atoms with E-state index < -0.39 is 5.82 Å². The van der Waals surface area contributed by atoms with Gasteiger partial charge in [-0.25, -0.2) is 14.4 Å². The summed E-state index contributed by atoms with van der Waals surface area (Å²) in [5.41, 5.74) is 2.88. The highest BCUT2D eigenvalue weighted by Gasteiger charge is 2.12. The van der Waals surface area contributed by atoms with Crippen molar-refractivity contribution < 1.29 is 9.13 Å². The largest absolute Gasteiger partial charge is 0.379 e. The number of nitrogens with zero attached hydrogens (tertiary/aromatic N) is 2. The molecule has 0 aliphatic carbocycles. The minimum absolute atomic E-state index is 0.196. The van der Waals surface area contributed by atoms with Crippen molar-refractivity contribution in [2.45, 2.75) is 0 Å². The summed E-state index contributed by atoms with van der Waals surface area (Å²) in [7, 11) is 0. The molecule has 0 atom stereocenters. The van der Waals surface area contributed by atoms with Gasteiger partial charge >= 0.3 is 0 Å². The lowest BCUT2D eigenvalue weighted by molar-refractivity contribution is 0.0493. The van der Waals surface area contributed by atoms with Crippen LogP contribution in [0.25, 0.3) is 0 Å². The summed E-state index contributed by atoms with van der Waals surface area (Å²) in [4.78, 5) is 3.87. The Hall–Kier alpha value is -0.910. The summed E-state index contributed by atoms with van der Waals surface area (Å²) >= 11 is 5.60. The van der Waals surface area contributed by atoms with Crippen molar-refractivity contribution >= 4 is 17.4 Å². The van der Waals surface area contributed by atoms with Crippen LogP contribution in [0, 0.1) is 5.82 Å². The topological polar surface area (TPSA) is 37.4 Å². The second-order valence-corrected chi connectivity index (χ2v) is 3.63. The third kappa shape index (κ3) is 2.77. The molecule has 1 aliphatic heterocycles. The molecule has 2 rings (SSSR count). The lowest BCUT2D eigenvalue weighted by Crippen LogP contribution is -2.40. The first-order valence-corrected chi connectivity index (χ1v) is 5.04. The van der Waals surface area contributed by atoms with E-state index in [0.29, 0.717) is 31.3 Å². The van der Waals surface area contributed by atoms with E-state index in [1.54, 1.807) is 0 Å². The lowest BCUT2D eigenvalue weighted by Gasteiger charge is -2.27. The molecule has 6 heteroatoms. The van der Waals surface area contributed by atoms with Crippen molar-refractivity contribution in [2.24, 2.45) is 0 Å². The van der Waals surface area contributed by atoms with E-state index in [1.165, 1.54) is 12.3 Å². The van der Waals surface area contributed by atoms with Gasteiger partial charge in [-0.05, 0) is 6.07 Å². The number of aromatic nitrogens is 1. The van der Waals surface area contributed by atoms with E-state index in [2.05, 4.69) is 10.4 Å². The maximum absolute atomic E-state index is 13.3. The molecule has 0 aromatic carbocycles. The quantitative estimate of drug-likeness (QED) is 0.838. The van der Waals surface area contributed by atoms with Crippen LogP contribution in [0.3, 0.4) is 0 Å². The molecule has 82 valence electrons. The molecule has 15 heavy (non-hydrogen) atoms. The number of halogens is 2. The fraction of sp³-hybridized carbons (Fsp3) is 0.444. The van der Waals surface area contributed by atoms with Crippen LogP contribution >= 0.6 is 11.6 Å². The van der Waals surface area contributed by atoms with Gasteiger partial charge in [-0.3, -0.25) is 0 Å². The Labute approximate surface area is 92.0 Å². The van der Waals surface area contributed by atoms with Crippen LogP contribution < -0.4 is 5.43 Å². The van der Waals surface area contributed by atoms with Crippen LogP contribution in [0.4, 0.5) is 10.2 Å². The number of hydrazine groups is 1. The van der Waals surface area contributed by atoms with E-state index >= 15 is 0 Å². The minimum Gasteiger partial charge on any atom is -0.379 e. The van der Waals surface area contributed by atoms with E-state index in [9.17, 15) is 4.39 Å². The number of ether oxygens (including phenoxy) is 1. The highest BCUT2D eigenvalue weighted by Crippen LogP contribution is 2.16. The molecule has 4 nitrogen and oxygen atoms in total. The van der Waals surface area contributed by atoms with Gasteiger partial charge in [-0.1, -0.05) is 11.6 Å². The molecular weight excluding hydrogens is 221 g/mol. The molecule has 0 amide bonds. The smallest absolute Gasteiger partial charge is 0.176 e. The Bertz CT molecular complexity index is 344. The monoisotopic (exact) mass is 231 g/mol. The predicted octanol–water partition coefficient (Wildman–Crippen LogP) is 1.53. The zero-order chi connectivity index (χ0) is 10.7. The van der Waals surface area contributed by atoms with Gasteiger partial charge in [0.25, 0.3) is 0 Å². The summed E-state index contributed by atoms with van der Waals surface area (Å²) in [6.07, 6.45) is 1.41. The molecular formula is C9H11ClFN3O. The van der Waals surface area contributed by atoms with Crippen LogP contribution in [0.15, 0.2) is 12.3 Å². The van der Waals surface area contributed by atoms with Crippen LogP contribution in [0.5, 0.6) is 0 Å². The molecule has 1 aromatic heterocycles. The fourth-order valence-electron chi connectivity index (χ4n) is 1.32. The second-order valence-electron chi connectivity index (χ2n) is 3.20. The fourth-order valence-corrected chi connectivity index (χ4v) is 1.47. The van der Waals surface area contributed by atoms with Gasteiger partial charge in [-0.2, -0.15) is 0 Å². The maximum Gasteiger partial charge on any atom is 0.176 e. The number of pyridine rings is 1. The number of nitrogens with one attached hydrogen (secondary N) is 1. The standard InChI is InChI=1S/C9H11ClFN3O/c10-7-5-8(11)9(12-6-7)13-14-1-3-15-4-2-14/h5-6H,1-4H2,(H,12,13). The third-order valence-electron chi connectivity index (χ3n) is 2.08. The third-order valence-corrected chi connectivity index (χ3v) is 2.29. The average Bonchev–Trinajstić information content (AvgIpc) is 2.24. The van der Waals surface area contributed by atoms with Crippen molar-refractivity contribution in [3.8, 4) is 0 Å². The molecule has 0 unspecified atom stereocenters. The molecule has 2 heterocycles. The van der Waals surface area contributed by atoms with Crippen LogP contribution in [0.2, 0.25) is 5.02 Å². The van der Waals surface area contributed by atoms with Crippen molar-refractivity contribution in [1.82, 2.24) is 9.99 Å². The van der Waals surface area contributed by atoms with Gasteiger partial charge in [0.15, 0.2) is 11.6 Å². The molecule has 1 fully saturated rings. The second kappa shape index (κ2) is 4.74. The van der Waals surface area contributed by atoms with Gasteiger partial charge in [0.05, 0.1) is 18.2 Å².